The highest BCUT2D eigenvalue weighted by atomic mass is 35.5. The van der Waals surface area contributed by atoms with Crippen LogP contribution in [0.25, 0.3) is 0 Å². The van der Waals surface area contributed by atoms with E-state index in [1.54, 1.807) is 12.1 Å². The van der Waals surface area contributed by atoms with Crippen molar-refractivity contribution in [3.8, 4) is 0 Å². The molecule has 1 aromatic carbocycles. The molecule has 1 aromatic rings. The van der Waals surface area contributed by atoms with Gasteiger partial charge in [-0.3, -0.25) is 4.79 Å². The van der Waals surface area contributed by atoms with Gasteiger partial charge >= 0.3 is 0 Å². The molecule has 0 saturated heterocycles. The van der Waals surface area contributed by atoms with Crippen molar-refractivity contribution >= 4 is 28.9 Å². The van der Waals surface area contributed by atoms with Crippen LogP contribution in [0.1, 0.15) is 25.7 Å². The molecule has 0 unspecified atom stereocenters. The van der Waals surface area contributed by atoms with Crippen LogP contribution in [0.2, 0.25) is 5.02 Å². The molecule has 104 valence electrons. The Hall–Kier alpha value is -1.36. The summed E-state index contributed by atoms with van der Waals surface area (Å²) < 4.78 is 26.0. The van der Waals surface area contributed by atoms with Gasteiger partial charge in [0.25, 0.3) is 0 Å². The smallest absolute Gasteiger partial charge is 0.248 e. The summed E-state index contributed by atoms with van der Waals surface area (Å²) in [7, 11) is 0. The average Bonchev–Trinajstić information content (AvgIpc) is 2.32. The highest BCUT2D eigenvalue weighted by Crippen LogP contribution is 2.36. The molecule has 1 aliphatic rings. The number of carbonyl (C=O) groups is 1. The number of alkyl halides is 2. The Balaban J connectivity index is 1.98. The normalized spacial score (nSPS) is 19.1. The van der Waals surface area contributed by atoms with Crippen LogP contribution in [0.15, 0.2) is 18.2 Å². The predicted octanol–water partition coefficient (Wildman–Crippen LogP) is 3.69. The number of halogens is 3. The Morgan fingerprint density at radius 1 is 1.37 bits per heavy atom. The van der Waals surface area contributed by atoms with Gasteiger partial charge in [-0.05, 0) is 31.0 Å². The second kappa shape index (κ2) is 5.33. The number of carbonyl (C=O) groups excluding carboxylic acids is 1. The monoisotopic (exact) mass is 288 g/mol. The highest BCUT2D eigenvalue weighted by molar-refractivity contribution is 6.34. The summed E-state index contributed by atoms with van der Waals surface area (Å²) in [5.41, 5.74) is 6.51. The van der Waals surface area contributed by atoms with Crippen LogP contribution in [0.4, 0.5) is 20.2 Å². The largest absolute Gasteiger partial charge is 0.399 e. The Bertz CT molecular complexity index is 484. The van der Waals surface area contributed by atoms with Crippen molar-refractivity contribution in [2.75, 3.05) is 11.1 Å². The van der Waals surface area contributed by atoms with Crippen LogP contribution < -0.4 is 11.1 Å². The maximum atomic E-state index is 13.0. The van der Waals surface area contributed by atoms with Gasteiger partial charge in [-0.25, -0.2) is 8.78 Å². The molecule has 1 aliphatic carbocycles. The van der Waals surface area contributed by atoms with E-state index in [-0.39, 0.29) is 37.5 Å². The molecule has 3 nitrogen and oxygen atoms in total. The fourth-order valence-corrected chi connectivity index (χ4v) is 2.41. The molecule has 0 aliphatic heterocycles. The lowest BCUT2D eigenvalue weighted by atomic mass is 9.86. The minimum Gasteiger partial charge on any atom is -0.399 e. The van der Waals surface area contributed by atoms with Gasteiger partial charge in [-0.2, -0.15) is 0 Å². The van der Waals surface area contributed by atoms with Crippen molar-refractivity contribution in [1.82, 2.24) is 0 Å². The number of nitrogen functional groups attached to an aromatic ring is 1. The Kier molecular flexibility index (Phi) is 3.94. The SMILES string of the molecule is Nc1ccc(NC(=O)C2CCC(F)(F)CC2)c(Cl)c1. The van der Waals surface area contributed by atoms with Crippen LogP contribution in [0.3, 0.4) is 0 Å². The van der Waals surface area contributed by atoms with E-state index in [1.165, 1.54) is 6.07 Å². The van der Waals surface area contributed by atoms with E-state index < -0.39 is 5.92 Å². The number of anilines is 2. The van der Waals surface area contributed by atoms with Crippen LogP contribution in [-0.4, -0.2) is 11.8 Å². The number of hydrogen-bond donors (Lipinski definition) is 2. The number of hydrogen-bond acceptors (Lipinski definition) is 2. The zero-order valence-electron chi connectivity index (χ0n) is 10.3. The van der Waals surface area contributed by atoms with E-state index in [0.717, 1.165) is 0 Å². The van der Waals surface area contributed by atoms with E-state index >= 15 is 0 Å². The van der Waals surface area contributed by atoms with E-state index in [2.05, 4.69) is 5.32 Å². The first kappa shape index (κ1) is 14.1. The van der Waals surface area contributed by atoms with Crippen molar-refractivity contribution in [2.45, 2.75) is 31.6 Å². The molecule has 1 fully saturated rings. The fourth-order valence-electron chi connectivity index (χ4n) is 2.17. The minimum atomic E-state index is -2.63. The van der Waals surface area contributed by atoms with Gasteiger partial charge in [-0.15, -0.1) is 0 Å². The second-order valence-electron chi connectivity index (χ2n) is 4.86. The lowest BCUT2D eigenvalue weighted by molar-refractivity contribution is -0.124. The third kappa shape index (κ3) is 3.56. The predicted molar refractivity (Wildman–Crippen MR) is 71.4 cm³/mol. The Morgan fingerprint density at radius 2 is 2.00 bits per heavy atom. The van der Waals surface area contributed by atoms with Gasteiger partial charge in [-0.1, -0.05) is 11.6 Å². The summed E-state index contributed by atoms with van der Waals surface area (Å²) in [5.74, 6) is -3.27. The summed E-state index contributed by atoms with van der Waals surface area (Å²) in [6.07, 6.45) is -0.0715. The Labute approximate surface area is 115 Å². The standard InChI is InChI=1S/C13H15ClF2N2O/c14-10-7-9(17)1-2-11(10)18-12(19)8-3-5-13(15,16)6-4-8/h1-2,7-8H,3-6,17H2,(H,18,19). The number of nitrogens with one attached hydrogen (secondary N) is 1. The molecule has 0 bridgehead atoms. The van der Waals surface area contributed by atoms with Crippen LogP contribution in [-0.2, 0) is 4.79 Å². The maximum Gasteiger partial charge on any atom is 0.248 e. The maximum absolute atomic E-state index is 13.0. The van der Waals surface area contributed by atoms with Gasteiger partial charge in [0.15, 0.2) is 0 Å². The minimum absolute atomic E-state index is 0.200. The van der Waals surface area contributed by atoms with Crippen LogP contribution in [0.5, 0.6) is 0 Å². The first-order valence-electron chi connectivity index (χ1n) is 6.11. The fraction of sp³-hybridized carbons (Fsp3) is 0.462. The van der Waals surface area contributed by atoms with Crippen molar-refractivity contribution in [3.05, 3.63) is 23.2 Å². The highest BCUT2D eigenvalue weighted by Gasteiger charge is 2.37. The summed E-state index contributed by atoms with van der Waals surface area (Å²) in [4.78, 5) is 12.0. The molecule has 2 rings (SSSR count). The van der Waals surface area contributed by atoms with Crippen molar-refractivity contribution < 1.29 is 13.6 Å². The zero-order chi connectivity index (χ0) is 14.0. The summed E-state index contributed by atoms with van der Waals surface area (Å²) >= 11 is 5.94. The van der Waals surface area contributed by atoms with Gasteiger partial charge in [0.05, 0.1) is 10.7 Å². The lowest BCUT2D eigenvalue weighted by Gasteiger charge is -2.27. The number of nitrogens with two attached hydrogens (primary N) is 1. The summed E-state index contributed by atoms with van der Waals surface area (Å²) in [6, 6.07) is 4.76. The lowest BCUT2D eigenvalue weighted by Crippen LogP contribution is -2.31. The Morgan fingerprint density at radius 3 is 2.58 bits per heavy atom. The molecular weight excluding hydrogens is 274 g/mol. The van der Waals surface area contributed by atoms with Gasteiger partial charge in [0, 0.05) is 24.4 Å². The quantitative estimate of drug-likeness (QED) is 0.816. The number of benzene rings is 1. The van der Waals surface area contributed by atoms with E-state index in [0.29, 0.717) is 16.4 Å². The van der Waals surface area contributed by atoms with Gasteiger partial charge in [0.1, 0.15) is 0 Å². The molecule has 1 saturated carbocycles. The van der Waals surface area contributed by atoms with Crippen molar-refractivity contribution in [3.63, 3.8) is 0 Å². The van der Waals surface area contributed by atoms with Crippen molar-refractivity contribution in [2.24, 2.45) is 5.92 Å². The van der Waals surface area contributed by atoms with E-state index in [1.807, 2.05) is 0 Å². The molecule has 0 heterocycles. The third-order valence-corrected chi connectivity index (χ3v) is 3.65. The average molecular weight is 289 g/mol. The molecule has 6 heteroatoms. The molecule has 3 N–H and O–H groups in total. The van der Waals surface area contributed by atoms with E-state index in [9.17, 15) is 13.6 Å². The van der Waals surface area contributed by atoms with E-state index in [4.69, 9.17) is 17.3 Å². The summed E-state index contributed by atoms with van der Waals surface area (Å²) in [5, 5.41) is 3.01. The molecule has 1 amide bonds. The van der Waals surface area contributed by atoms with Gasteiger partial charge < -0.3 is 11.1 Å². The third-order valence-electron chi connectivity index (χ3n) is 3.34. The molecule has 0 radical (unpaired) electrons. The second-order valence-corrected chi connectivity index (χ2v) is 5.27. The molecule has 0 atom stereocenters. The molecule has 0 aromatic heterocycles. The number of amides is 1. The topological polar surface area (TPSA) is 55.1 Å². The van der Waals surface area contributed by atoms with Crippen LogP contribution in [0, 0.1) is 5.92 Å². The van der Waals surface area contributed by atoms with Crippen LogP contribution >= 0.6 is 11.6 Å². The van der Waals surface area contributed by atoms with Crippen molar-refractivity contribution in [1.29, 1.82) is 0 Å². The molecule has 0 spiro atoms. The number of rotatable bonds is 2. The first-order chi connectivity index (χ1) is 8.87. The molecular formula is C13H15ClF2N2O. The molecule has 19 heavy (non-hydrogen) atoms. The first-order valence-corrected chi connectivity index (χ1v) is 6.49. The summed E-state index contributed by atoms with van der Waals surface area (Å²) in [6.45, 7) is 0. The van der Waals surface area contributed by atoms with Gasteiger partial charge in [0.2, 0.25) is 11.8 Å². The zero-order valence-corrected chi connectivity index (χ0v) is 11.0.